The molecule has 0 fully saturated rings. The lowest BCUT2D eigenvalue weighted by Crippen LogP contribution is -2.07. The molecule has 138 valence electrons. The van der Waals surface area contributed by atoms with Crippen molar-refractivity contribution >= 4 is 23.4 Å². The molecule has 0 saturated heterocycles. The topological polar surface area (TPSA) is 89.0 Å². The molecule has 2 aromatic carbocycles. The van der Waals surface area contributed by atoms with E-state index in [-0.39, 0.29) is 24.3 Å². The van der Waals surface area contributed by atoms with Crippen LogP contribution in [0.15, 0.2) is 54.7 Å². The summed E-state index contributed by atoms with van der Waals surface area (Å²) in [5, 5.41) is 13.8. The lowest BCUT2D eigenvalue weighted by atomic mass is 10.2. The van der Waals surface area contributed by atoms with Crippen LogP contribution in [0.1, 0.15) is 22.8 Å². The van der Waals surface area contributed by atoms with Gasteiger partial charge in [-0.05, 0) is 37.3 Å². The minimum absolute atomic E-state index is 0.242. The molecule has 0 aliphatic heterocycles. The maximum atomic E-state index is 13.7. The van der Waals surface area contributed by atoms with Gasteiger partial charge in [-0.1, -0.05) is 18.2 Å². The molecular formula is C19H18FN5O2. The zero-order valence-electron chi connectivity index (χ0n) is 14.6. The van der Waals surface area contributed by atoms with E-state index in [9.17, 15) is 9.18 Å². The number of halogens is 1. The third-order valence-corrected chi connectivity index (χ3v) is 3.62. The van der Waals surface area contributed by atoms with Gasteiger partial charge in [0.2, 0.25) is 5.95 Å². The first-order valence-corrected chi connectivity index (χ1v) is 8.37. The van der Waals surface area contributed by atoms with Gasteiger partial charge < -0.3 is 15.4 Å². The fraction of sp³-hybridized carbons (Fsp3) is 0.158. The van der Waals surface area contributed by atoms with Gasteiger partial charge in [-0.15, -0.1) is 5.10 Å². The van der Waals surface area contributed by atoms with Gasteiger partial charge >= 0.3 is 5.97 Å². The Bertz CT molecular complexity index is 918. The van der Waals surface area contributed by atoms with E-state index in [2.05, 4.69) is 25.8 Å². The molecule has 0 spiro atoms. The van der Waals surface area contributed by atoms with Crippen molar-refractivity contribution in [3.8, 4) is 0 Å². The SMILES string of the molecule is CCOC(=O)c1ccc(Nc2cnnc(NCc3ccccc3F)n2)cc1. The highest BCUT2D eigenvalue weighted by atomic mass is 19.1. The van der Waals surface area contributed by atoms with E-state index in [1.807, 2.05) is 0 Å². The fourth-order valence-corrected chi connectivity index (χ4v) is 2.31. The molecule has 0 aliphatic carbocycles. The highest BCUT2D eigenvalue weighted by Gasteiger charge is 2.07. The Labute approximate surface area is 155 Å². The number of benzene rings is 2. The standard InChI is InChI=1S/C19H18FN5O2/c1-2-27-18(26)13-7-9-15(10-8-13)23-17-12-22-25-19(24-17)21-11-14-5-3-4-6-16(14)20/h3-10,12H,2,11H2,1H3,(H2,21,23,24,25). The average molecular weight is 367 g/mol. The number of esters is 1. The van der Waals surface area contributed by atoms with Crippen molar-refractivity contribution in [3.63, 3.8) is 0 Å². The van der Waals surface area contributed by atoms with E-state index in [1.54, 1.807) is 49.4 Å². The molecule has 7 nitrogen and oxygen atoms in total. The number of anilines is 3. The first-order valence-electron chi connectivity index (χ1n) is 8.37. The van der Waals surface area contributed by atoms with Crippen molar-refractivity contribution in [2.24, 2.45) is 0 Å². The summed E-state index contributed by atoms with van der Waals surface area (Å²) in [6.07, 6.45) is 1.47. The highest BCUT2D eigenvalue weighted by molar-refractivity contribution is 5.89. The van der Waals surface area contributed by atoms with Crippen LogP contribution < -0.4 is 10.6 Å². The molecule has 0 bridgehead atoms. The maximum Gasteiger partial charge on any atom is 0.338 e. The second-order valence-electron chi connectivity index (χ2n) is 5.53. The zero-order chi connectivity index (χ0) is 19.1. The number of hydrogen-bond donors (Lipinski definition) is 2. The van der Waals surface area contributed by atoms with Crippen LogP contribution in [-0.2, 0) is 11.3 Å². The molecule has 1 heterocycles. The van der Waals surface area contributed by atoms with Crippen LogP contribution in [0.5, 0.6) is 0 Å². The number of carbonyl (C=O) groups excluding carboxylic acids is 1. The predicted octanol–water partition coefficient (Wildman–Crippen LogP) is 3.54. The molecule has 0 unspecified atom stereocenters. The number of aromatic nitrogens is 3. The van der Waals surface area contributed by atoms with Crippen LogP contribution in [0.2, 0.25) is 0 Å². The molecule has 27 heavy (non-hydrogen) atoms. The van der Waals surface area contributed by atoms with E-state index in [0.717, 1.165) is 5.69 Å². The Morgan fingerprint density at radius 2 is 1.93 bits per heavy atom. The molecule has 8 heteroatoms. The number of ether oxygens (including phenoxy) is 1. The van der Waals surface area contributed by atoms with Crippen LogP contribution in [0.3, 0.4) is 0 Å². The lowest BCUT2D eigenvalue weighted by molar-refractivity contribution is 0.0526. The number of carbonyl (C=O) groups is 1. The Morgan fingerprint density at radius 1 is 1.15 bits per heavy atom. The van der Waals surface area contributed by atoms with Crippen molar-refractivity contribution in [2.75, 3.05) is 17.2 Å². The monoisotopic (exact) mass is 367 g/mol. The Kier molecular flexibility index (Phi) is 5.88. The Hall–Kier alpha value is -3.55. The largest absolute Gasteiger partial charge is 0.462 e. The van der Waals surface area contributed by atoms with E-state index in [4.69, 9.17) is 4.74 Å². The summed E-state index contributed by atoms with van der Waals surface area (Å²) in [5.41, 5.74) is 1.70. The van der Waals surface area contributed by atoms with Gasteiger partial charge in [0.15, 0.2) is 5.82 Å². The minimum atomic E-state index is -0.368. The summed E-state index contributed by atoms with van der Waals surface area (Å²) in [5.74, 6) is 0.0672. The van der Waals surface area contributed by atoms with Crippen LogP contribution in [0.4, 0.5) is 21.8 Å². The summed E-state index contributed by atoms with van der Waals surface area (Å²) in [6, 6.07) is 13.3. The van der Waals surface area contributed by atoms with Crippen molar-refractivity contribution < 1.29 is 13.9 Å². The predicted molar refractivity (Wildman–Crippen MR) is 99.2 cm³/mol. The van der Waals surface area contributed by atoms with Crippen molar-refractivity contribution in [1.82, 2.24) is 15.2 Å². The minimum Gasteiger partial charge on any atom is -0.462 e. The van der Waals surface area contributed by atoms with Crippen LogP contribution >= 0.6 is 0 Å². The van der Waals surface area contributed by atoms with Crippen LogP contribution in [-0.4, -0.2) is 27.8 Å². The number of nitrogens with one attached hydrogen (secondary N) is 2. The summed E-state index contributed by atoms with van der Waals surface area (Å²) in [6.45, 7) is 2.33. The molecule has 3 rings (SSSR count). The molecule has 2 N–H and O–H groups in total. The second-order valence-corrected chi connectivity index (χ2v) is 5.53. The van der Waals surface area contributed by atoms with E-state index >= 15 is 0 Å². The van der Waals surface area contributed by atoms with Crippen LogP contribution in [0, 0.1) is 5.82 Å². The van der Waals surface area contributed by atoms with Gasteiger partial charge in [-0.3, -0.25) is 0 Å². The Balaban J connectivity index is 1.63. The highest BCUT2D eigenvalue weighted by Crippen LogP contribution is 2.16. The molecule has 3 aromatic rings. The quantitative estimate of drug-likeness (QED) is 0.617. The summed E-state index contributed by atoms with van der Waals surface area (Å²) >= 11 is 0. The molecule has 0 radical (unpaired) electrons. The van der Waals surface area contributed by atoms with Crippen molar-refractivity contribution in [1.29, 1.82) is 0 Å². The third kappa shape index (κ3) is 4.97. The number of nitrogens with zero attached hydrogens (tertiary/aromatic N) is 3. The zero-order valence-corrected chi connectivity index (χ0v) is 14.6. The molecule has 0 saturated carbocycles. The lowest BCUT2D eigenvalue weighted by Gasteiger charge is -2.09. The normalized spacial score (nSPS) is 10.3. The first-order chi connectivity index (χ1) is 13.2. The van der Waals surface area contributed by atoms with Gasteiger partial charge in [0.05, 0.1) is 18.4 Å². The van der Waals surface area contributed by atoms with Gasteiger partial charge in [0.25, 0.3) is 0 Å². The average Bonchev–Trinajstić information content (AvgIpc) is 2.68. The fourth-order valence-electron chi connectivity index (χ4n) is 2.31. The summed E-state index contributed by atoms with van der Waals surface area (Å²) in [7, 11) is 0. The number of hydrogen-bond acceptors (Lipinski definition) is 7. The summed E-state index contributed by atoms with van der Waals surface area (Å²) in [4.78, 5) is 16.0. The van der Waals surface area contributed by atoms with E-state index < -0.39 is 0 Å². The molecule has 0 amide bonds. The molecule has 0 aliphatic rings. The third-order valence-electron chi connectivity index (χ3n) is 3.62. The molecule has 0 atom stereocenters. The van der Waals surface area contributed by atoms with E-state index in [1.165, 1.54) is 12.3 Å². The molecule has 1 aromatic heterocycles. The second kappa shape index (κ2) is 8.70. The van der Waals surface area contributed by atoms with Crippen molar-refractivity contribution in [2.45, 2.75) is 13.5 Å². The number of rotatable bonds is 7. The Morgan fingerprint density at radius 3 is 2.67 bits per heavy atom. The maximum absolute atomic E-state index is 13.7. The summed E-state index contributed by atoms with van der Waals surface area (Å²) < 4.78 is 18.6. The van der Waals surface area contributed by atoms with Crippen LogP contribution in [0.25, 0.3) is 0 Å². The molecular weight excluding hydrogens is 349 g/mol. The van der Waals surface area contributed by atoms with E-state index in [0.29, 0.717) is 23.6 Å². The van der Waals surface area contributed by atoms with Gasteiger partial charge in [0.1, 0.15) is 5.82 Å². The van der Waals surface area contributed by atoms with Gasteiger partial charge in [0, 0.05) is 17.8 Å². The van der Waals surface area contributed by atoms with Crippen molar-refractivity contribution in [3.05, 3.63) is 71.7 Å². The first kappa shape index (κ1) is 18.2. The van der Waals surface area contributed by atoms with Gasteiger partial charge in [-0.25, -0.2) is 9.18 Å². The smallest absolute Gasteiger partial charge is 0.338 e. The van der Waals surface area contributed by atoms with Gasteiger partial charge in [-0.2, -0.15) is 10.1 Å².